The Labute approximate surface area is 145 Å². The lowest BCUT2D eigenvalue weighted by Gasteiger charge is -2.26. The SMILES string of the molecule is O=C1CC(Nc2cc(Nc3ccncc3)nc(-c3ccccc3)n2)C1. The van der Waals surface area contributed by atoms with Gasteiger partial charge in [0, 0.05) is 48.6 Å². The molecule has 1 aliphatic rings. The number of hydrogen-bond donors (Lipinski definition) is 2. The van der Waals surface area contributed by atoms with E-state index in [0.29, 0.717) is 30.3 Å². The van der Waals surface area contributed by atoms with Crippen molar-refractivity contribution in [3.8, 4) is 11.4 Å². The Morgan fingerprint density at radius 2 is 1.64 bits per heavy atom. The van der Waals surface area contributed by atoms with E-state index in [9.17, 15) is 4.79 Å². The van der Waals surface area contributed by atoms with Gasteiger partial charge >= 0.3 is 0 Å². The molecule has 3 aromatic rings. The normalized spacial score (nSPS) is 14.0. The monoisotopic (exact) mass is 331 g/mol. The third-order valence-electron chi connectivity index (χ3n) is 4.01. The van der Waals surface area contributed by atoms with Crippen LogP contribution < -0.4 is 10.6 Å². The molecule has 2 heterocycles. The van der Waals surface area contributed by atoms with Gasteiger partial charge in [-0.25, -0.2) is 9.97 Å². The molecule has 2 aromatic heterocycles. The predicted octanol–water partition coefficient (Wildman–Crippen LogP) is 3.43. The van der Waals surface area contributed by atoms with Gasteiger partial charge in [0.05, 0.1) is 0 Å². The van der Waals surface area contributed by atoms with Crippen molar-refractivity contribution in [3.05, 3.63) is 60.9 Å². The van der Waals surface area contributed by atoms with Gasteiger partial charge in [-0.15, -0.1) is 0 Å². The zero-order chi connectivity index (χ0) is 17.1. The summed E-state index contributed by atoms with van der Waals surface area (Å²) in [5.41, 5.74) is 1.84. The first-order valence-electron chi connectivity index (χ1n) is 8.16. The third-order valence-corrected chi connectivity index (χ3v) is 4.01. The number of nitrogens with zero attached hydrogens (tertiary/aromatic N) is 3. The molecule has 1 saturated carbocycles. The number of rotatable bonds is 5. The van der Waals surface area contributed by atoms with Crippen LogP contribution >= 0.6 is 0 Å². The van der Waals surface area contributed by atoms with E-state index in [4.69, 9.17) is 0 Å². The lowest BCUT2D eigenvalue weighted by atomic mass is 9.91. The van der Waals surface area contributed by atoms with E-state index >= 15 is 0 Å². The summed E-state index contributed by atoms with van der Waals surface area (Å²) < 4.78 is 0. The highest BCUT2D eigenvalue weighted by Crippen LogP contribution is 2.25. The van der Waals surface area contributed by atoms with Gasteiger partial charge < -0.3 is 10.6 Å². The van der Waals surface area contributed by atoms with E-state index in [1.165, 1.54) is 0 Å². The summed E-state index contributed by atoms with van der Waals surface area (Å²) in [4.78, 5) is 24.4. The zero-order valence-corrected chi connectivity index (χ0v) is 13.5. The Hall–Kier alpha value is -3.28. The summed E-state index contributed by atoms with van der Waals surface area (Å²) in [6.45, 7) is 0. The van der Waals surface area contributed by atoms with E-state index in [0.717, 1.165) is 11.3 Å². The molecule has 0 amide bonds. The summed E-state index contributed by atoms with van der Waals surface area (Å²) in [6, 6.07) is 15.6. The van der Waals surface area contributed by atoms with Crippen LogP contribution in [0, 0.1) is 0 Å². The van der Waals surface area contributed by atoms with Crippen molar-refractivity contribution in [3.63, 3.8) is 0 Å². The molecule has 0 atom stereocenters. The summed E-state index contributed by atoms with van der Waals surface area (Å²) >= 11 is 0. The first kappa shape index (κ1) is 15.3. The Balaban J connectivity index is 1.66. The Kier molecular flexibility index (Phi) is 4.08. The minimum absolute atomic E-state index is 0.153. The molecule has 1 aliphatic carbocycles. The van der Waals surface area contributed by atoms with Crippen molar-refractivity contribution in [2.24, 2.45) is 0 Å². The van der Waals surface area contributed by atoms with Crippen LogP contribution in [-0.2, 0) is 4.79 Å². The Bertz CT molecular complexity index is 875. The summed E-state index contributed by atoms with van der Waals surface area (Å²) in [6.07, 6.45) is 4.55. The van der Waals surface area contributed by atoms with Crippen LogP contribution in [0.15, 0.2) is 60.9 Å². The topological polar surface area (TPSA) is 79.8 Å². The second-order valence-corrected chi connectivity index (χ2v) is 5.98. The molecule has 0 spiro atoms. The number of anilines is 3. The van der Waals surface area contributed by atoms with Crippen molar-refractivity contribution < 1.29 is 4.79 Å². The molecule has 0 radical (unpaired) electrons. The van der Waals surface area contributed by atoms with E-state index in [1.807, 2.05) is 48.5 Å². The number of Topliss-reactive ketones (excluding diaryl/α,β-unsaturated/α-hetero) is 1. The molecular weight excluding hydrogens is 314 g/mol. The van der Waals surface area contributed by atoms with Gasteiger partial charge in [0.25, 0.3) is 0 Å². The highest BCUT2D eigenvalue weighted by atomic mass is 16.1. The number of nitrogens with one attached hydrogen (secondary N) is 2. The maximum atomic E-state index is 11.2. The van der Waals surface area contributed by atoms with E-state index in [1.54, 1.807) is 12.4 Å². The van der Waals surface area contributed by atoms with Crippen molar-refractivity contribution >= 4 is 23.1 Å². The third kappa shape index (κ3) is 3.63. The molecular formula is C19H17N5O. The van der Waals surface area contributed by atoms with Crippen LogP contribution in [0.2, 0.25) is 0 Å². The van der Waals surface area contributed by atoms with Gasteiger partial charge in [0.15, 0.2) is 5.82 Å². The van der Waals surface area contributed by atoms with Gasteiger partial charge in [-0.2, -0.15) is 0 Å². The lowest BCUT2D eigenvalue weighted by molar-refractivity contribution is -0.124. The summed E-state index contributed by atoms with van der Waals surface area (Å²) in [5, 5.41) is 6.60. The average molecular weight is 331 g/mol. The second-order valence-electron chi connectivity index (χ2n) is 5.98. The standard InChI is InChI=1S/C19H17N5O/c25-16-10-15(11-16)22-18-12-17(21-14-6-8-20-9-7-14)23-19(24-18)13-4-2-1-3-5-13/h1-9,12,15H,10-11H2,(H2,20,21,22,23,24). The van der Waals surface area contributed by atoms with Crippen molar-refractivity contribution in [2.45, 2.75) is 18.9 Å². The van der Waals surface area contributed by atoms with E-state index in [2.05, 4.69) is 25.6 Å². The minimum Gasteiger partial charge on any atom is -0.366 e. The van der Waals surface area contributed by atoms with Crippen LogP contribution in [-0.4, -0.2) is 26.8 Å². The Morgan fingerprint density at radius 1 is 0.920 bits per heavy atom. The van der Waals surface area contributed by atoms with Gasteiger partial charge in [-0.1, -0.05) is 30.3 Å². The summed E-state index contributed by atoms with van der Waals surface area (Å²) in [5.74, 6) is 2.31. The highest BCUT2D eigenvalue weighted by Gasteiger charge is 2.26. The van der Waals surface area contributed by atoms with Crippen LogP contribution in [0.5, 0.6) is 0 Å². The van der Waals surface area contributed by atoms with Crippen LogP contribution in [0.1, 0.15) is 12.8 Å². The number of ketones is 1. The number of carbonyl (C=O) groups excluding carboxylic acids is 1. The fourth-order valence-electron chi connectivity index (χ4n) is 2.69. The number of aromatic nitrogens is 3. The smallest absolute Gasteiger partial charge is 0.163 e. The molecule has 25 heavy (non-hydrogen) atoms. The lowest BCUT2D eigenvalue weighted by Crippen LogP contribution is -2.35. The number of carbonyl (C=O) groups is 1. The van der Waals surface area contributed by atoms with E-state index < -0.39 is 0 Å². The second kappa shape index (κ2) is 6.68. The molecule has 1 aromatic carbocycles. The molecule has 4 rings (SSSR count). The zero-order valence-electron chi connectivity index (χ0n) is 13.5. The van der Waals surface area contributed by atoms with E-state index in [-0.39, 0.29) is 11.8 Å². The largest absolute Gasteiger partial charge is 0.366 e. The molecule has 1 fully saturated rings. The van der Waals surface area contributed by atoms with Gasteiger partial charge in [0.1, 0.15) is 17.4 Å². The predicted molar refractivity (Wildman–Crippen MR) is 96.6 cm³/mol. The van der Waals surface area contributed by atoms with Gasteiger partial charge in [0.2, 0.25) is 0 Å². The summed E-state index contributed by atoms with van der Waals surface area (Å²) in [7, 11) is 0. The minimum atomic E-state index is 0.153. The molecule has 0 saturated heterocycles. The van der Waals surface area contributed by atoms with Crippen LogP contribution in [0.4, 0.5) is 17.3 Å². The van der Waals surface area contributed by atoms with Crippen LogP contribution in [0.3, 0.4) is 0 Å². The maximum absolute atomic E-state index is 11.2. The first-order valence-corrected chi connectivity index (χ1v) is 8.16. The molecule has 0 unspecified atom stereocenters. The molecule has 0 bridgehead atoms. The number of benzene rings is 1. The Morgan fingerprint density at radius 3 is 2.36 bits per heavy atom. The molecule has 6 heteroatoms. The van der Waals surface area contributed by atoms with Crippen molar-refractivity contribution in [2.75, 3.05) is 10.6 Å². The molecule has 6 nitrogen and oxygen atoms in total. The van der Waals surface area contributed by atoms with Gasteiger partial charge in [-0.3, -0.25) is 9.78 Å². The molecule has 2 N–H and O–H groups in total. The molecule has 0 aliphatic heterocycles. The number of pyridine rings is 1. The quantitative estimate of drug-likeness (QED) is 0.746. The maximum Gasteiger partial charge on any atom is 0.163 e. The van der Waals surface area contributed by atoms with Crippen molar-refractivity contribution in [1.82, 2.24) is 15.0 Å². The fraction of sp³-hybridized carbons (Fsp3) is 0.158. The number of hydrogen-bond acceptors (Lipinski definition) is 6. The van der Waals surface area contributed by atoms with Crippen LogP contribution in [0.25, 0.3) is 11.4 Å². The van der Waals surface area contributed by atoms with Crippen molar-refractivity contribution in [1.29, 1.82) is 0 Å². The molecule has 124 valence electrons. The fourth-order valence-corrected chi connectivity index (χ4v) is 2.69. The average Bonchev–Trinajstić information content (AvgIpc) is 2.62. The first-order chi connectivity index (χ1) is 12.3. The highest BCUT2D eigenvalue weighted by molar-refractivity contribution is 5.86. The van der Waals surface area contributed by atoms with Gasteiger partial charge in [-0.05, 0) is 12.1 Å².